The monoisotopic (exact) mass is 421 g/mol. The van der Waals surface area contributed by atoms with Gasteiger partial charge in [-0.2, -0.15) is 0 Å². The summed E-state index contributed by atoms with van der Waals surface area (Å²) in [6.45, 7) is 2.08. The molecule has 30 heavy (non-hydrogen) atoms. The summed E-state index contributed by atoms with van der Waals surface area (Å²) in [6.07, 6.45) is 8.68. The third kappa shape index (κ3) is 4.70. The van der Waals surface area contributed by atoms with Crippen LogP contribution in [0.25, 0.3) is 11.3 Å². The van der Waals surface area contributed by atoms with Crippen LogP contribution in [0.2, 0.25) is 0 Å². The maximum atomic E-state index is 11.1. The van der Waals surface area contributed by atoms with Gasteiger partial charge in [0, 0.05) is 23.6 Å². The molecule has 0 atom stereocenters. The fourth-order valence-electron chi connectivity index (χ4n) is 4.14. The minimum atomic E-state index is -0.349. The molecule has 0 aliphatic heterocycles. The van der Waals surface area contributed by atoms with E-state index in [9.17, 15) is 10.1 Å². The Labute approximate surface area is 180 Å². The van der Waals surface area contributed by atoms with E-state index in [2.05, 4.69) is 41.1 Å². The molecule has 2 aromatic carbocycles. The summed E-state index contributed by atoms with van der Waals surface area (Å²) >= 11 is 1.65. The van der Waals surface area contributed by atoms with Crippen molar-refractivity contribution < 1.29 is 4.92 Å². The van der Waals surface area contributed by atoms with Crippen molar-refractivity contribution >= 4 is 22.7 Å². The topological polar surface area (TPSA) is 60.4 Å². The van der Waals surface area contributed by atoms with Crippen LogP contribution in [0.4, 0.5) is 11.4 Å². The Bertz CT molecular complexity index is 1060. The van der Waals surface area contributed by atoms with Crippen molar-refractivity contribution in [3.63, 3.8) is 0 Å². The lowest BCUT2D eigenvalue weighted by Crippen LogP contribution is -2.22. The molecule has 0 unspecified atom stereocenters. The quantitative estimate of drug-likeness (QED) is 0.338. The van der Waals surface area contributed by atoms with Crippen LogP contribution in [-0.2, 0) is 0 Å². The molecule has 1 fully saturated rings. The van der Waals surface area contributed by atoms with Crippen molar-refractivity contribution in [3.8, 4) is 11.3 Å². The molecule has 0 spiro atoms. The zero-order chi connectivity index (χ0) is 20.9. The van der Waals surface area contributed by atoms with Crippen molar-refractivity contribution in [1.29, 1.82) is 0 Å². The van der Waals surface area contributed by atoms with Crippen molar-refractivity contribution in [2.24, 2.45) is 4.99 Å². The third-order valence-corrected chi connectivity index (χ3v) is 6.65. The van der Waals surface area contributed by atoms with Crippen LogP contribution in [0.15, 0.2) is 58.9 Å². The van der Waals surface area contributed by atoms with Crippen LogP contribution in [0.3, 0.4) is 0 Å². The summed E-state index contributed by atoms with van der Waals surface area (Å²) < 4.78 is 2.39. The Hall–Kier alpha value is -2.73. The zero-order valence-corrected chi connectivity index (χ0v) is 18.1. The van der Waals surface area contributed by atoms with E-state index in [0.29, 0.717) is 6.04 Å². The molecule has 1 heterocycles. The van der Waals surface area contributed by atoms with Crippen LogP contribution in [0, 0.1) is 17.0 Å². The maximum absolute atomic E-state index is 11.1. The number of rotatable bonds is 4. The average molecular weight is 422 g/mol. The number of nitro groups is 1. The van der Waals surface area contributed by atoms with E-state index in [-0.39, 0.29) is 10.6 Å². The lowest BCUT2D eigenvalue weighted by molar-refractivity contribution is -0.384. The first kappa shape index (κ1) is 20.5. The molecule has 1 aliphatic carbocycles. The van der Waals surface area contributed by atoms with E-state index in [4.69, 9.17) is 4.99 Å². The fourth-order valence-corrected chi connectivity index (χ4v) is 5.13. The number of aryl methyl sites for hydroxylation is 1. The number of nitro benzene ring substituents is 1. The molecule has 1 aromatic heterocycles. The molecule has 0 N–H and O–H groups in total. The SMILES string of the molecule is Cc1ccc(N=c2scc(-c3ccc([N+](=O)[O-])cc3)n2C2CCCCCCC2)cc1. The number of non-ortho nitro benzene ring substituents is 1. The first-order valence-electron chi connectivity index (χ1n) is 10.7. The van der Waals surface area contributed by atoms with Crippen molar-refractivity contribution in [2.45, 2.75) is 57.9 Å². The maximum Gasteiger partial charge on any atom is 0.269 e. The molecule has 0 amide bonds. The van der Waals surface area contributed by atoms with Gasteiger partial charge >= 0.3 is 0 Å². The highest BCUT2D eigenvalue weighted by Gasteiger charge is 2.19. The molecule has 6 heteroatoms. The van der Waals surface area contributed by atoms with Crippen molar-refractivity contribution in [1.82, 2.24) is 4.57 Å². The molecule has 1 saturated carbocycles. The van der Waals surface area contributed by atoms with Crippen LogP contribution in [0.5, 0.6) is 0 Å². The van der Waals surface area contributed by atoms with Crippen LogP contribution in [0.1, 0.15) is 56.6 Å². The van der Waals surface area contributed by atoms with E-state index < -0.39 is 0 Å². The average Bonchev–Trinajstić information content (AvgIpc) is 3.13. The summed E-state index contributed by atoms with van der Waals surface area (Å²) in [5.74, 6) is 0. The smallest absolute Gasteiger partial charge is 0.269 e. The van der Waals surface area contributed by atoms with E-state index in [1.54, 1.807) is 23.5 Å². The molecule has 1 aliphatic rings. The second-order valence-corrected chi connectivity index (χ2v) is 8.86. The summed E-state index contributed by atoms with van der Waals surface area (Å²) in [5.41, 5.74) is 4.41. The summed E-state index contributed by atoms with van der Waals surface area (Å²) in [5, 5.41) is 13.2. The van der Waals surface area contributed by atoms with E-state index >= 15 is 0 Å². The Balaban J connectivity index is 1.80. The summed E-state index contributed by atoms with van der Waals surface area (Å²) in [6, 6.07) is 15.6. The van der Waals surface area contributed by atoms with Gasteiger partial charge in [0.1, 0.15) is 0 Å². The van der Waals surface area contributed by atoms with Crippen molar-refractivity contribution in [2.75, 3.05) is 0 Å². The van der Waals surface area contributed by atoms with Gasteiger partial charge < -0.3 is 4.57 Å². The molecular formula is C24H27N3O2S. The molecule has 5 nitrogen and oxygen atoms in total. The first-order chi connectivity index (χ1) is 14.6. The molecule has 4 rings (SSSR count). The van der Waals surface area contributed by atoms with Crippen molar-refractivity contribution in [3.05, 3.63) is 74.4 Å². The molecule has 0 radical (unpaired) electrons. The predicted molar refractivity (Wildman–Crippen MR) is 122 cm³/mol. The van der Waals surface area contributed by atoms with Gasteiger partial charge in [-0.15, -0.1) is 11.3 Å². The van der Waals surface area contributed by atoms with Gasteiger partial charge in [-0.25, -0.2) is 4.99 Å². The van der Waals surface area contributed by atoms with Gasteiger partial charge in [0.2, 0.25) is 0 Å². The minimum absolute atomic E-state index is 0.121. The molecule has 0 saturated heterocycles. The second kappa shape index (κ2) is 9.39. The normalized spacial score (nSPS) is 16.2. The lowest BCUT2D eigenvalue weighted by Gasteiger charge is -2.23. The van der Waals surface area contributed by atoms with Gasteiger partial charge in [0.15, 0.2) is 4.80 Å². The van der Waals surface area contributed by atoms with E-state index in [1.165, 1.54) is 37.7 Å². The highest BCUT2D eigenvalue weighted by molar-refractivity contribution is 7.07. The van der Waals surface area contributed by atoms with E-state index in [1.807, 2.05) is 12.1 Å². The third-order valence-electron chi connectivity index (χ3n) is 5.81. The van der Waals surface area contributed by atoms with E-state index in [0.717, 1.165) is 34.6 Å². The summed E-state index contributed by atoms with van der Waals surface area (Å²) in [4.78, 5) is 16.7. The Morgan fingerprint density at radius 1 is 0.967 bits per heavy atom. The molecule has 3 aromatic rings. The van der Waals surface area contributed by atoms with Gasteiger partial charge in [-0.1, -0.05) is 49.8 Å². The van der Waals surface area contributed by atoms with Gasteiger partial charge in [0.25, 0.3) is 5.69 Å². The number of hydrogen-bond acceptors (Lipinski definition) is 4. The number of aromatic nitrogens is 1. The highest BCUT2D eigenvalue weighted by Crippen LogP contribution is 2.32. The Morgan fingerprint density at radius 2 is 1.60 bits per heavy atom. The molecule has 156 valence electrons. The van der Waals surface area contributed by atoms with Gasteiger partial charge in [-0.05, 0) is 49.6 Å². The number of hydrogen-bond donors (Lipinski definition) is 0. The lowest BCUT2D eigenvalue weighted by atomic mass is 9.96. The van der Waals surface area contributed by atoms with Gasteiger partial charge in [0.05, 0.1) is 16.3 Å². The standard InChI is InChI=1S/C24H27N3O2S/c1-18-9-13-20(14-10-18)25-24-26(21-7-5-3-2-4-6-8-21)23(17-30-24)19-11-15-22(16-12-19)27(28)29/h9-17,21H,2-8H2,1H3. The fraction of sp³-hybridized carbons (Fsp3) is 0.375. The zero-order valence-electron chi connectivity index (χ0n) is 17.3. The van der Waals surface area contributed by atoms with Crippen LogP contribution >= 0.6 is 11.3 Å². The number of nitrogens with zero attached hydrogens (tertiary/aromatic N) is 3. The first-order valence-corrected chi connectivity index (χ1v) is 11.6. The minimum Gasteiger partial charge on any atom is -0.313 e. The Kier molecular flexibility index (Phi) is 6.43. The molecule has 0 bridgehead atoms. The second-order valence-electron chi connectivity index (χ2n) is 8.02. The highest BCUT2D eigenvalue weighted by atomic mass is 32.1. The number of thiazole rings is 1. The number of benzene rings is 2. The largest absolute Gasteiger partial charge is 0.313 e. The van der Waals surface area contributed by atoms with Gasteiger partial charge in [-0.3, -0.25) is 10.1 Å². The van der Waals surface area contributed by atoms with Crippen LogP contribution in [-0.4, -0.2) is 9.49 Å². The van der Waals surface area contributed by atoms with Crippen LogP contribution < -0.4 is 4.80 Å². The molecular weight excluding hydrogens is 394 g/mol. The predicted octanol–water partition coefficient (Wildman–Crippen LogP) is 6.95. The Morgan fingerprint density at radius 3 is 2.23 bits per heavy atom. The summed E-state index contributed by atoms with van der Waals surface area (Å²) in [7, 11) is 0.